The smallest absolute Gasteiger partial charge is 0.119 e. The van der Waals surface area contributed by atoms with Gasteiger partial charge in [-0.15, -0.1) is 12.4 Å². The van der Waals surface area contributed by atoms with Gasteiger partial charge in [-0.2, -0.15) is 0 Å². The van der Waals surface area contributed by atoms with Gasteiger partial charge in [0.05, 0.1) is 7.11 Å². The fourth-order valence-electron chi connectivity index (χ4n) is 3.06. The quantitative estimate of drug-likeness (QED) is 0.755. The maximum absolute atomic E-state index is 10.2. The van der Waals surface area contributed by atoms with Crippen molar-refractivity contribution in [3.63, 3.8) is 0 Å². The lowest BCUT2D eigenvalue weighted by atomic mass is 10.2. The lowest BCUT2D eigenvalue weighted by Gasteiger charge is -2.36. The molecule has 0 aromatic heterocycles. The highest BCUT2D eigenvalue weighted by molar-refractivity contribution is 6.30. The number of ether oxygens (including phenoxy) is 2. The summed E-state index contributed by atoms with van der Waals surface area (Å²) in [6.45, 7) is 4.62. The molecule has 0 saturated carbocycles. The summed E-state index contributed by atoms with van der Waals surface area (Å²) in [5.41, 5.74) is 1.21. The monoisotopic (exact) mass is 412 g/mol. The molecule has 1 fully saturated rings. The van der Waals surface area contributed by atoms with E-state index in [4.69, 9.17) is 21.1 Å². The van der Waals surface area contributed by atoms with E-state index in [-0.39, 0.29) is 19.0 Å². The van der Waals surface area contributed by atoms with Crippen LogP contribution in [0, 0.1) is 0 Å². The molecule has 0 amide bonds. The van der Waals surface area contributed by atoms with Crippen LogP contribution in [0.2, 0.25) is 5.02 Å². The van der Waals surface area contributed by atoms with E-state index in [0.717, 1.165) is 37.7 Å². The van der Waals surface area contributed by atoms with Gasteiger partial charge in [-0.3, -0.25) is 4.90 Å². The number of halogens is 2. The molecule has 0 radical (unpaired) electrons. The second-order valence-corrected chi connectivity index (χ2v) is 6.84. The summed E-state index contributed by atoms with van der Waals surface area (Å²) in [5.74, 6) is 1.59. The number of methoxy groups -OCH3 is 1. The van der Waals surface area contributed by atoms with Crippen LogP contribution in [0.25, 0.3) is 0 Å². The van der Waals surface area contributed by atoms with E-state index < -0.39 is 6.10 Å². The number of rotatable bonds is 7. The molecule has 27 heavy (non-hydrogen) atoms. The SMILES string of the molecule is COc1ccc(N2CCN(CC(O)COc3ccc(Cl)cc3)CC2)cc1.Cl. The molecule has 0 bridgehead atoms. The lowest BCUT2D eigenvalue weighted by molar-refractivity contribution is 0.0663. The molecule has 1 N–H and O–H groups in total. The molecular weight excluding hydrogens is 387 g/mol. The molecule has 2 aromatic rings. The Hall–Kier alpha value is -1.66. The minimum atomic E-state index is -0.516. The normalized spacial score (nSPS) is 15.7. The molecule has 1 unspecified atom stereocenters. The van der Waals surface area contributed by atoms with E-state index in [1.54, 1.807) is 19.2 Å². The number of aliphatic hydroxyl groups excluding tert-OH is 1. The van der Waals surface area contributed by atoms with Gasteiger partial charge in [-0.1, -0.05) is 11.6 Å². The predicted molar refractivity (Wildman–Crippen MR) is 112 cm³/mol. The summed E-state index contributed by atoms with van der Waals surface area (Å²) in [6.07, 6.45) is -0.516. The number of aliphatic hydroxyl groups is 1. The highest BCUT2D eigenvalue weighted by Crippen LogP contribution is 2.20. The number of β-amino-alcohol motifs (C(OH)–C–C–N with tert-alkyl or cyclic N) is 1. The molecular formula is C20H26Cl2N2O3. The molecule has 0 aliphatic carbocycles. The molecule has 3 rings (SSSR count). The van der Waals surface area contributed by atoms with Gasteiger partial charge in [0, 0.05) is 43.4 Å². The second kappa shape index (κ2) is 10.6. The highest BCUT2D eigenvalue weighted by atomic mass is 35.5. The van der Waals surface area contributed by atoms with E-state index in [1.807, 2.05) is 24.3 Å². The molecule has 1 saturated heterocycles. The van der Waals surface area contributed by atoms with Crippen molar-refractivity contribution in [2.24, 2.45) is 0 Å². The van der Waals surface area contributed by atoms with Gasteiger partial charge in [-0.25, -0.2) is 0 Å². The van der Waals surface area contributed by atoms with Gasteiger partial charge in [0.2, 0.25) is 0 Å². The first-order valence-corrected chi connectivity index (χ1v) is 9.19. The Labute approximate surface area is 171 Å². The molecule has 1 aliphatic rings. The summed E-state index contributed by atoms with van der Waals surface area (Å²) in [5, 5.41) is 10.9. The van der Waals surface area contributed by atoms with Crippen LogP contribution in [0.15, 0.2) is 48.5 Å². The van der Waals surface area contributed by atoms with Gasteiger partial charge in [0.15, 0.2) is 0 Å². The maximum Gasteiger partial charge on any atom is 0.119 e. The van der Waals surface area contributed by atoms with Crippen molar-refractivity contribution in [1.82, 2.24) is 4.90 Å². The predicted octanol–water partition coefficient (Wildman–Crippen LogP) is 3.33. The van der Waals surface area contributed by atoms with Crippen molar-refractivity contribution in [2.45, 2.75) is 6.10 Å². The van der Waals surface area contributed by atoms with Crippen LogP contribution >= 0.6 is 24.0 Å². The zero-order chi connectivity index (χ0) is 18.4. The summed E-state index contributed by atoms with van der Waals surface area (Å²) in [6, 6.07) is 15.3. The molecule has 7 heteroatoms. The average Bonchev–Trinajstić information content (AvgIpc) is 2.68. The van der Waals surface area contributed by atoms with Gasteiger partial charge < -0.3 is 19.5 Å². The molecule has 1 heterocycles. The Morgan fingerprint density at radius 1 is 0.963 bits per heavy atom. The molecule has 5 nitrogen and oxygen atoms in total. The van der Waals surface area contributed by atoms with E-state index in [2.05, 4.69) is 21.9 Å². The van der Waals surface area contributed by atoms with Gasteiger partial charge in [0.25, 0.3) is 0 Å². The minimum absolute atomic E-state index is 0. The highest BCUT2D eigenvalue weighted by Gasteiger charge is 2.19. The van der Waals surface area contributed by atoms with Crippen LogP contribution in [-0.4, -0.2) is 62.6 Å². The zero-order valence-electron chi connectivity index (χ0n) is 15.4. The number of nitrogens with zero attached hydrogens (tertiary/aromatic N) is 2. The Bertz CT molecular complexity index is 675. The summed E-state index contributed by atoms with van der Waals surface area (Å²) >= 11 is 5.85. The van der Waals surface area contributed by atoms with Crippen molar-refractivity contribution in [2.75, 3.05) is 51.3 Å². The summed E-state index contributed by atoms with van der Waals surface area (Å²) in [4.78, 5) is 4.63. The fraction of sp³-hybridized carbons (Fsp3) is 0.400. The fourth-order valence-corrected chi connectivity index (χ4v) is 3.18. The van der Waals surface area contributed by atoms with Crippen LogP contribution in [0.5, 0.6) is 11.5 Å². The number of piperazine rings is 1. The van der Waals surface area contributed by atoms with Crippen molar-refractivity contribution in [3.05, 3.63) is 53.6 Å². The Morgan fingerprint density at radius 2 is 1.56 bits per heavy atom. The Morgan fingerprint density at radius 3 is 2.15 bits per heavy atom. The summed E-state index contributed by atoms with van der Waals surface area (Å²) < 4.78 is 10.8. The topological polar surface area (TPSA) is 45.2 Å². The number of hydrogen-bond donors (Lipinski definition) is 1. The van der Waals surface area contributed by atoms with Crippen LogP contribution in [-0.2, 0) is 0 Å². The number of anilines is 1. The molecule has 1 aliphatic heterocycles. The van der Waals surface area contributed by atoms with Gasteiger partial charge >= 0.3 is 0 Å². The largest absolute Gasteiger partial charge is 0.497 e. The van der Waals surface area contributed by atoms with Crippen molar-refractivity contribution in [1.29, 1.82) is 0 Å². The average molecular weight is 413 g/mol. The zero-order valence-corrected chi connectivity index (χ0v) is 17.0. The molecule has 0 spiro atoms. The summed E-state index contributed by atoms with van der Waals surface area (Å²) in [7, 11) is 1.68. The third kappa shape index (κ3) is 6.47. The van der Waals surface area contributed by atoms with Crippen LogP contribution in [0.1, 0.15) is 0 Å². The van der Waals surface area contributed by atoms with E-state index in [9.17, 15) is 5.11 Å². The van der Waals surface area contributed by atoms with Crippen molar-refractivity contribution in [3.8, 4) is 11.5 Å². The van der Waals surface area contributed by atoms with Gasteiger partial charge in [0.1, 0.15) is 24.2 Å². The Balaban J connectivity index is 0.00000261. The standard InChI is InChI=1S/C20H25ClN2O3.ClH/c1-25-19-8-4-17(5-9-19)23-12-10-22(11-13-23)14-18(24)15-26-20-6-2-16(21)3-7-20;/h2-9,18,24H,10-15H2,1H3;1H. The first kappa shape index (κ1) is 21.6. The molecule has 148 valence electrons. The van der Waals surface area contributed by atoms with Crippen LogP contribution < -0.4 is 14.4 Å². The second-order valence-electron chi connectivity index (χ2n) is 6.40. The first-order chi connectivity index (χ1) is 12.6. The first-order valence-electron chi connectivity index (χ1n) is 8.82. The number of hydrogen-bond acceptors (Lipinski definition) is 5. The molecule has 2 aromatic carbocycles. The van der Waals surface area contributed by atoms with Crippen molar-refractivity contribution >= 4 is 29.7 Å². The molecule has 1 atom stereocenters. The van der Waals surface area contributed by atoms with Crippen molar-refractivity contribution < 1.29 is 14.6 Å². The minimum Gasteiger partial charge on any atom is -0.497 e. The number of benzene rings is 2. The maximum atomic E-state index is 10.2. The third-order valence-electron chi connectivity index (χ3n) is 4.53. The van der Waals surface area contributed by atoms with E-state index in [0.29, 0.717) is 11.6 Å². The Kier molecular flexibility index (Phi) is 8.51. The van der Waals surface area contributed by atoms with Gasteiger partial charge in [-0.05, 0) is 48.5 Å². The third-order valence-corrected chi connectivity index (χ3v) is 4.79. The van der Waals surface area contributed by atoms with Crippen LogP contribution in [0.4, 0.5) is 5.69 Å². The van der Waals surface area contributed by atoms with E-state index in [1.165, 1.54) is 5.69 Å². The lowest BCUT2D eigenvalue weighted by Crippen LogP contribution is -2.49. The van der Waals surface area contributed by atoms with E-state index >= 15 is 0 Å². The van der Waals surface area contributed by atoms with Crippen LogP contribution in [0.3, 0.4) is 0 Å².